The van der Waals surface area contributed by atoms with Gasteiger partial charge in [-0.15, -0.1) is 0 Å². The summed E-state index contributed by atoms with van der Waals surface area (Å²) in [6.07, 6.45) is 3.28. The number of fused-ring (bicyclic) bond motifs is 1. The van der Waals surface area contributed by atoms with E-state index in [1.807, 2.05) is 18.2 Å². The van der Waals surface area contributed by atoms with Gasteiger partial charge in [0.15, 0.2) is 5.78 Å². The van der Waals surface area contributed by atoms with Crippen LogP contribution in [0.4, 0.5) is 0 Å². The summed E-state index contributed by atoms with van der Waals surface area (Å²) in [5, 5.41) is 18.3. The molecule has 1 aliphatic rings. The van der Waals surface area contributed by atoms with Gasteiger partial charge in [-0.25, -0.2) is 0 Å². The van der Waals surface area contributed by atoms with Gasteiger partial charge in [0.1, 0.15) is 5.75 Å². The highest BCUT2D eigenvalue weighted by molar-refractivity contribution is 6.13. The number of nitriles is 1. The Balaban J connectivity index is 1.93. The van der Waals surface area contributed by atoms with Gasteiger partial charge in [-0.1, -0.05) is 12.1 Å². The van der Waals surface area contributed by atoms with E-state index < -0.39 is 0 Å². The summed E-state index contributed by atoms with van der Waals surface area (Å²) in [6.45, 7) is 0. The summed E-state index contributed by atoms with van der Waals surface area (Å²) < 4.78 is 0. The molecule has 0 saturated heterocycles. The van der Waals surface area contributed by atoms with E-state index in [0.717, 1.165) is 23.1 Å². The zero-order valence-corrected chi connectivity index (χ0v) is 11.3. The van der Waals surface area contributed by atoms with E-state index in [0.29, 0.717) is 17.5 Å². The van der Waals surface area contributed by atoms with E-state index in [2.05, 4.69) is 6.07 Å². The first-order valence-electron chi connectivity index (χ1n) is 6.75. The number of carbonyl (C=O) groups is 1. The van der Waals surface area contributed by atoms with Crippen LogP contribution in [0.15, 0.2) is 48.0 Å². The zero-order valence-electron chi connectivity index (χ0n) is 11.3. The maximum Gasteiger partial charge on any atom is 0.189 e. The number of Topliss-reactive ketones (excluding diaryl/α,β-unsaturated/α-hetero) is 1. The lowest BCUT2D eigenvalue weighted by Crippen LogP contribution is -2.13. The molecule has 1 N–H and O–H groups in total. The number of allylic oxidation sites excluding steroid dienone is 1. The SMILES string of the molecule is N#Cc1ccc(/C=C2\CCc3cc(O)ccc3C2=O)cc1. The number of aryl methyl sites for hydroxylation is 1. The van der Waals surface area contributed by atoms with E-state index in [1.54, 1.807) is 30.3 Å². The van der Waals surface area contributed by atoms with Crippen molar-refractivity contribution in [3.05, 3.63) is 70.3 Å². The van der Waals surface area contributed by atoms with Crippen molar-refractivity contribution in [1.82, 2.24) is 0 Å². The highest BCUT2D eigenvalue weighted by Crippen LogP contribution is 2.29. The number of hydrogen-bond donors (Lipinski definition) is 1. The van der Waals surface area contributed by atoms with Gasteiger partial charge in [0.2, 0.25) is 0 Å². The second-order valence-electron chi connectivity index (χ2n) is 5.07. The lowest BCUT2D eigenvalue weighted by molar-refractivity contribution is 0.102. The molecule has 0 bridgehead atoms. The van der Waals surface area contributed by atoms with Crippen molar-refractivity contribution in [3.8, 4) is 11.8 Å². The Morgan fingerprint density at radius 2 is 1.86 bits per heavy atom. The first-order valence-corrected chi connectivity index (χ1v) is 6.75. The minimum absolute atomic E-state index is 0.0145. The molecule has 102 valence electrons. The van der Waals surface area contributed by atoms with Gasteiger partial charge in [0, 0.05) is 11.1 Å². The smallest absolute Gasteiger partial charge is 0.189 e. The van der Waals surface area contributed by atoms with Crippen LogP contribution in [0.25, 0.3) is 6.08 Å². The lowest BCUT2D eigenvalue weighted by Gasteiger charge is -2.17. The molecule has 2 aromatic carbocycles. The number of rotatable bonds is 1. The Bertz CT molecular complexity index is 780. The Morgan fingerprint density at radius 1 is 1.10 bits per heavy atom. The molecule has 0 atom stereocenters. The number of carbonyl (C=O) groups excluding carboxylic acids is 1. The normalized spacial score (nSPS) is 15.6. The molecular weight excluding hydrogens is 262 g/mol. The predicted octanol–water partition coefficient (Wildman–Crippen LogP) is 3.48. The van der Waals surface area contributed by atoms with Gasteiger partial charge < -0.3 is 5.11 Å². The van der Waals surface area contributed by atoms with Gasteiger partial charge in [0.25, 0.3) is 0 Å². The molecule has 2 aromatic rings. The zero-order chi connectivity index (χ0) is 14.8. The van der Waals surface area contributed by atoms with E-state index in [9.17, 15) is 9.90 Å². The van der Waals surface area contributed by atoms with Crippen LogP contribution >= 0.6 is 0 Å². The van der Waals surface area contributed by atoms with Gasteiger partial charge in [-0.3, -0.25) is 4.79 Å². The molecule has 21 heavy (non-hydrogen) atoms. The third kappa shape index (κ3) is 2.56. The molecule has 0 radical (unpaired) electrons. The van der Waals surface area contributed by atoms with Gasteiger partial charge in [0.05, 0.1) is 11.6 Å². The molecule has 0 aromatic heterocycles. The monoisotopic (exact) mass is 275 g/mol. The number of hydrogen-bond acceptors (Lipinski definition) is 3. The molecule has 1 aliphatic carbocycles. The van der Waals surface area contributed by atoms with Gasteiger partial charge in [-0.05, 0) is 60.4 Å². The summed E-state index contributed by atoms with van der Waals surface area (Å²) in [5.74, 6) is 0.210. The number of ketones is 1. The quantitative estimate of drug-likeness (QED) is 0.810. The molecule has 0 unspecified atom stereocenters. The maximum absolute atomic E-state index is 12.5. The average Bonchev–Trinajstić information content (AvgIpc) is 2.51. The third-order valence-corrected chi connectivity index (χ3v) is 3.67. The molecule has 3 heteroatoms. The van der Waals surface area contributed by atoms with Crippen molar-refractivity contribution in [1.29, 1.82) is 5.26 Å². The molecule has 0 heterocycles. The highest BCUT2D eigenvalue weighted by Gasteiger charge is 2.21. The fourth-order valence-electron chi connectivity index (χ4n) is 2.56. The Hall–Kier alpha value is -2.86. The first kappa shape index (κ1) is 13.1. The van der Waals surface area contributed by atoms with Crippen molar-refractivity contribution < 1.29 is 9.90 Å². The summed E-state index contributed by atoms with van der Waals surface area (Å²) in [5.41, 5.74) is 3.85. The molecule has 3 rings (SSSR count). The predicted molar refractivity (Wildman–Crippen MR) is 79.9 cm³/mol. The Kier molecular flexibility index (Phi) is 3.29. The molecule has 0 saturated carbocycles. The fraction of sp³-hybridized carbons (Fsp3) is 0.111. The molecular formula is C18H13NO2. The maximum atomic E-state index is 12.5. The largest absolute Gasteiger partial charge is 0.508 e. The second-order valence-corrected chi connectivity index (χ2v) is 5.07. The number of phenols is 1. The minimum Gasteiger partial charge on any atom is -0.508 e. The van der Waals surface area contributed by atoms with Crippen LogP contribution in [0.3, 0.4) is 0 Å². The minimum atomic E-state index is 0.0145. The van der Waals surface area contributed by atoms with Crippen molar-refractivity contribution in [2.24, 2.45) is 0 Å². The topological polar surface area (TPSA) is 61.1 Å². The van der Waals surface area contributed by atoms with Crippen LogP contribution in [0.5, 0.6) is 5.75 Å². The second kappa shape index (κ2) is 5.26. The van der Waals surface area contributed by atoms with Crippen LogP contribution in [0, 0.1) is 11.3 Å². The first-order chi connectivity index (χ1) is 10.2. The van der Waals surface area contributed by atoms with Crippen LogP contribution in [0.1, 0.15) is 33.5 Å². The standard InChI is InChI=1S/C18H13NO2/c19-11-13-3-1-12(2-4-13)9-15-6-5-14-10-16(20)7-8-17(14)18(15)21/h1-4,7-10,20H,5-6H2/b15-9+. The van der Waals surface area contributed by atoms with E-state index >= 15 is 0 Å². The summed E-state index contributed by atoms with van der Waals surface area (Å²) in [7, 11) is 0. The van der Waals surface area contributed by atoms with Crippen molar-refractivity contribution >= 4 is 11.9 Å². The van der Waals surface area contributed by atoms with E-state index in [1.165, 1.54) is 0 Å². The van der Waals surface area contributed by atoms with Crippen molar-refractivity contribution in [3.63, 3.8) is 0 Å². The van der Waals surface area contributed by atoms with Crippen LogP contribution in [-0.4, -0.2) is 10.9 Å². The number of benzene rings is 2. The summed E-state index contributed by atoms with van der Waals surface area (Å²) in [4.78, 5) is 12.5. The number of nitrogens with zero attached hydrogens (tertiary/aromatic N) is 1. The Labute approximate surface area is 122 Å². The van der Waals surface area contributed by atoms with Crippen molar-refractivity contribution in [2.45, 2.75) is 12.8 Å². The van der Waals surface area contributed by atoms with Crippen LogP contribution < -0.4 is 0 Å². The van der Waals surface area contributed by atoms with E-state index in [4.69, 9.17) is 5.26 Å². The summed E-state index contributed by atoms with van der Waals surface area (Å²) in [6, 6.07) is 14.1. The van der Waals surface area contributed by atoms with Crippen LogP contribution in [0.2, 0.25) is 0 Å². The highest BCUT2D eigenvalue weighted by atomic mass is 16.3. The molecule has 3 nitrogen and oxygen atoms in total. The van der Waals surface area contributed by atoms with Gasteiger partial charge in [-0.2, -0.15) is 5.26 Å². The molecule has 0 aliphatic heterocycles. The summed E-state index contributed by atoms with van der Waals surface area (Å²) >= 11 is 0. The van der Waals surface area contributed by atoms with Crippen molar-refractivity contribution in [2.75, 3.05) is 0 Å². The molecule has 0 fully saturated rings. The third-order valence-electron chi connectivity index (χ3n) is 3.67. The molecule has 0 spiro atoms. The fourth-order valence-corrected chi connectivity index (χ4v) is 2.56. The average molecular weight is 275 g/mol. The van der Waals surface area contributed by atoms with Gasteiger partial charge >= 0.3 is 0 Å². The van der Waals surface area contributed by atoms with Crippen LogP contribution in [-0.2, 0) is 6.42 Å². The van der Waals surface area contributed by atoms with E-state index in [-0.39, 0.29) is 11.5 Å². The number of phenolic OH excluding ortho intramolecular Hbond substituents is 1. The lowest BCUT2D eigenvalue weighted by atomic mass is 9.86. The number of aromatic hydroxyl groups is 1. The Morgan fingerprint density at radius 3 is 2.57 bits per heavy atom. The molecule has 0 amide bonds.